The number of benzene rings is 1. The van der Waals surface area contributed by atoms with E-state index >= 15 is 0 Å². The lowest BCUT2D eigenvalue weighted by Gasteiger charge is -2.36. The van der Waals surface area contributed by atoms with Gasteiger partial charge in [0, 0.05) is 32.1 Å². The number of nitrogens with one attached hydrogen (secondary N) is 1. The number of halogens is 5. The number of carbonyl (C=O) groups is 1. The summed E-state index contributed by atoms with van der Waals surface area (Å²) in [6, 6.07) is 4.11. The largest absolute Gasteiger partial charge is 0.481 e. The van der Waals surface area contributed by atoms with Crippen LogP contribution in [0.15, 0.2) is 18.2 Å². The molecule has 1 unspecified atom stereocenters. The molecule has 0 spiro atoms. The highest BCUT2D eigenvalue weighted by Crippen LogP contribution is 2.24. The predicted molar refractivity (Wildman–Crippen MR) is 99.9 cm³/mol. The molecule has 2 rings (SSSR count). The average molecular weight is 428 g/mol. The minimum atomic E-state index is -4.51. The Morgan fingerprint density at radius 2 is 2.07 bits per heavy atom. The van der Waals surface area contributed by atoms with Gasteiger partial charge < -0.3 is 15.8 Å². The average Bonchev–Trinajstić information content (AvgIpc) is 2.60. The Labute approximate surface area is 168 Å². The van der Waals surface area contributed by atoms with E-state index in [-0.39, 0.29) is 30.8 Å². The number of alkyl halides is 3. The summed E-state index contributed by atoms with van der Waals surface area (Å²) in [6.45, 7) is 0.523. The first-order chi connectivity index (χ1) is 12.8. The highest BCUT2D eigenvalue weighted by Gasteiger charge is 2.29. The number of nitrogens with zero attached hydrogens (tertiary/aromatic N) is 1. The van der Waals surface area contributed by atoms with Crippen molar-refractivity contribution in [3.63, 3.8) is 0 Å². The van der Waals surface area contributed by atoms with E-state index in [4.69, 9.17) is 5.73 Å². The van der Waals surface area contributed by atoms with Crippen molar-refractivity contribution in [2.45, 2.75) is 44.4 Å². The third-order valence-corrected chi connectivity index (χ3v) is 4.43. The summed E-state index contributed by atoms with van der Waals surface area (Å²) in [7, 11) is 0. The van der Waals surface area contributed by atoms with Crippen LogP contribution in [0.5, 0.6) is 5.75 Å². The third-order valence-electron chi connectivity index (χ3n) is 4.43. The summed E-state index contributed by atoms with van der Waals surface area (Å²) in [6.07, 6.45) is -1.27. The van der Waals surface area contributed by atoms with E-state index in [0.29, 0.717) is 25.2 Å². The molecule has 0 saturated carbocycles. The van der Waals surface area contributed by atoms with E-state index < -0.39 is 24.3 Å². The first-order valence-corrected chi connectivity index (χ1v) is 8.97. The molecule has 1 aromatic rings. The Balaban J connectivity index is 0.00000392. The molecule has 1 aliphatic rings. The molecular weight excluding hydrogens is 402 g/mol. The molecular formula is C18H26ClF4N3O2. The molecule has 28 heavy (non-hydrogen) atoms. The zero-order chi connectivity index (χ0) is 19.9. The minimum Gasteiger partial charge on any atom is -0.481 e. The van der Waals surface area contributed by atoms with Gasteiger partial charge in [0.25, 0.3) is 0 Å². The topological polar surface area (TPSA) is 67.6 Å². The lowest BCUT2D eigenvalue weighted by molar-refractivity contribution is -0.153. The second-order valence-electron chi connectivity index (χ2n) is 6.63. The molecule has 5 nitrogen and oxygen atoms in total. The van der Waals surface area contributed by atoms with Crippen molar-refractivity contribution in [1.82, 2.24) is 10.2 Å². The van der Waals surface area contributed by atoms with Crippen molar-refractivity contribution >= 4 is 18.3 Å². The fourth-order valence-corrected chi connectivity index (χ4v) is 3.10. The van der Waals surface area contributed by atoms with Crippen LogP contribution in [0.4, 0.5) is 17.6 Å². The fourth-order valence-electron chi connectivity index (χ4n) is 3.10. The summed E-state index contributed by atoms with van der Waals surface area (Å²) in [4.78, 5) is 13.8. The molecule has 0 bridgehead atoms. The molecule has 0 aromatic heterocycles. The monoisotopic (exact) mass is 427 g/mol. The van der Waals surface area contributed by atoms with Crippen LogP contribution in [-0.4, -0.2) is 49.3 Å². The molecule has 3 N–H and O–H groups in total. The van der Waals surface area contributed by atoms with Crippen LogP contribution in [0.25, 0.3) is 0 Å². The standard InChI is InChI=1S/C18H25F4N3O2.ClH/c19-15-9-13(4-5-16(15)27-12-18(20,21)22)11-25-8-2-1-3-14(25)10-24-17(26)6-7-23;/h4-5,9,14H,1-3,6-8,10-12,23H2,(H,24,26);1H. The molecule has 0 radical (unpaired) electrons. The molecule has 1 saturated heterocycles. The SMILES string of the molecule is Cl.NCCC(=O)NCC1CCCCN1Cc1ccc(OCC(F)(F)F)c(F)c1. The van der Waals surface area contributed by atoms with Crippen molar-refractivity contribution in [1.29, 1.82) is 0 Å². The van der Waals surface area contributed by atoms with Crippen LogP contribution in [0.3, 0.4) is 0 Å². The highest BCUT2D eigenvalue weighted by atomic mass is 35.5. The molecule has 1 amide bonds. The molecule has 1 atom stereocenters. The maximum atomic E-state index is 14.0. The molecule has 160 valence electrons. The number of hydrogen-bond acceptors (Lipinski definition) is 4. The van der Waals surface area contributed by atoms with E-state index in [1.54, 1.807) is 6.07 Å². The van der Waals surface area contributed by atoms with Crippen LogP contribution >= 0.6 is 12.4 Å². The van der Waals surface area contributed by atoms with E-state index in [1.807, 2.05) is 0 Å². The lowest BCUT2D eigenvalue weighted by Crippen LogP contribution is -2.46. The first-order valence-electron chi connectivity index (χ1n) is 8.97. The number of nitrogens with two attached hydrogens (primary N) is 1. The summed E-state index contributed by atoms with van der Waals surface area (Å²) in [5.41, 5.74) is 6.01. The third kappa shape index (κ3) is 8.20. The quantitative estimate of drug-likeness (QED) is 0.626. The molecule has 1 aliphatic heterocycles. The number of amides is 1. The number of hydrogen-bond donors (Lipinski definition) is 2. The summed E-state index contributed by atoms with van der Waals surface area (Å²) >= 11 is 0. The second kappa shape index (κ2) is 11.4. The van der Waals surface area contributed by atoms with Crippen molar-refractivity contribution in [2.75, 3.05) is 26.2 Å². The predicted octanol–water partition coefficient (Wildman–Crippen LogP) is 3.01. The number of ether oxygens (including phenoxy) is 1. The summed E-state index contributed by atoms with van der Waals surface area (Å²) < 4.78 is 55.1. The van der Waals surface area contributed by atoms with Gasteiger partial charge in [-0.25, -0.2) is 4.39 Å². The van der Waals surface area contributed by atoms with E-state index in [1.165, 1.54) is 12.1 Å². The maximum Gasteiger partial charge on any atom is 0.422 e. The van der Waals surface area contributed by atoms with Gasteiger partial charge in [0.15, 0.2) is 18.2 Å². The number of piperidine rings is 1. The van der Waals surface area contributed by atoms with Crippen LogP contribution in [-0.2, 0) is 11.3 Å². The summed E-state index contributed by atoms with van der Waals surface area (Å²) in [5, 5.41) is 2.86. The van der Waals surface area contributed by atoms with Gasteiger partial charge in [-0.1, -0.05) is 12.5 Å². The Kier molecular flexibility index (Phi) is 9.98. The van der Waals surface area contributed by atoms with Gasteiger partial charge in [-0.15, -0.1) is 12.4 Å². The van der Waals surface area contributed by atoms with Gasteiger partial charge in [-0.3, -0.25) is 9.69 Å². The molecule has 0 aliphatic carbocycles. The van der Waals surface area contributed by atoms with Crippen molar-refractivity contribution < 1.29 is 27.1 Å². The van der Waals surface area contributed by atoms with Crippen LogP contribution in [0, 0.1) is 5.82 Å². The zero-order valence-electron chi connectivity index (χ0n) is 15.4. The minimum absolute atomic E-state index is 0. The lowest BCUT2D eigenvalue weighted by atomic mass is 10.0. The van der Waals surface area contributed by atoms with E-state index in [9.17, 15) is 22.4 Å². The Morgan fingerprint density at radius 3 is 2.71 bits per heavy atom. The van der Waals surface area contributed by atoms with Gasteiger partial charge >= 0.3 is 6.18 Å². The normalized spacial score (nSPS) is 17.7. The molecule has 1 heterocycles. The Morgan fingerprint density at radius 1 is 1.32 bits per heavy atom. The number of likely N-dealkylation sites (tertiary alicyclic amines) is 1. The highest BCUT2D eigenvalue weighted by molar-refractivity contribution is 5.85. The van der Waals surface area contributed by atoms with Gasteiger partial charge in [0.2, 0.25) is 5.91 Å². The van der Waals surface area contributed by atoms with E-state index in [2.05, 4.69) is 15.0 Å². The van der Waals surface area contributed by atoms with Gasteiger partial charge in [-0.05, 0) is 37.1 Å². The van der Waals surface area contributed by atoms with Crippen molar-refractivity contribution in [3.8, 4) is 5.75 Å². The molecule has 10 heteroatoms. The summed E-state index contributed by atoms with van der Waals surface area (Å²) in [5.74, 6) is -1.33. The van der Waals surface area contributed by atoms with Gasteiger partial charge in [-0.2, -0.15) is 13.2 Å². The Hall–Kier alpha value is -1.58. The van der Waals surface area contributed by atoms with E-state index in [0.717, 1.165) is 25.8 Å². The van der Waals surface area contributed by atoms with Crippen molar-refractivity contribution in [3.05, 3.63) is 29.6 Å². The van der Waals surface area contributed by atoms with Crippen LogP contribution in [0.2, 0.25) is 0 Å². The van der Waals surface area contributed by atoms with Gasteiger partial charge in [0.1, 0.15) is 0 Å². The van der Waals surface area contributed by atoms with Crippen LogP contribution < -0.4 is 15.8 Å². The van der Waals surface area contributed by atoms with Crippen LogP contribution in [0.1, 0.15) is 31.2 Å². The first kappa shape index (κ1) is 24.5. The maximum absolute atomic E-state index is 14.0. The second-order valence-corrected chi connectivity index (χ2v) is 6.63. The van der Waals surface area contributed by atoms with Gasteiger partial charge in [0.05, 0.1) is 0 Å². The number of carbonyl (C=O) groups excluding carboxylic acids is 1. The fraction of sp³-hybridized carbons (Fsp3) is 0.611. The zero-order valence-corrected chi connectivity index (χ0v) is 16.3. The molecule has 1 fully saturated rings. The Bertz CT molecular complexity index is 631. The smallest absolute Gasteiger partial charge is 0.422 e. The number of rotatable bonds is 8. The molecule has 1 aromatic carbocycles. The van der Waals surface area contributed by atoms with Crippen molar-refractivity contribution in [2.24, 2.45) is 5.73 Å².